The summed E-state index contributed by atoms with van der Waals surface area (Å²) in [7, 11) is 0. The number of piperazine rings is 1. The SMILES string of the molecule is O=C(NCCl)N1CC(=O)N2CCc3ccccc3C2C1. The van der Waals surface area contributed by atoms with Crippen molar-refractivity contribution >= 4 is 23.5 Å². The first-order chi connectivity index (χ1) is 9.70. The van der Waals surface area contributed by atoms with Crippen molar-refractivity contribution in [3.05, 3.63) is 35.4 Å². The molecule has 6 heteroatoms. The zero-order chi connectivity index (χ0) is 14.1. The number of carbonyl (C=O) groups excluding carboxylic acids is 2. The third-order valence-corrected chi connectivity index (χ3v) is 4.09. The van der Waals surface area contributed by atoms with Gasteiger partial charge in [-0.2, -0.15) is 0 Å². The van der Waals surface area contributed by atoms with Crippen molar-refractivity contribution in [1.29, 1.82) is 0 Å². The van der Waals surface area contributed by atoms with Crippen LogP contribution >= 0.6 is 11.6 Å². The molecule has 2 aliphatic heterocycles. The summed E-state index contributed by atoms with van der Waals surface area (Å²) < 4.78 is 0. The van der Waals surface area contributed by atoms with E-state index < -0.39 is 0 Å². The number of benzene rings is 1. The Bertz CT molecular complexity index is 549. The summed E-state index contributed by atoms with van der Waals surface area (Å²) in [4.78, 5) is 27.5. The first-order valence-electron chi connectivity index (χ1n) is 6.66. The van der Waals surface area contributed by atoms with Crippen molar-refractivity contribution in [3.8, 4) is 0 Å². The molecule has 0 bridgehead atoms. The summed E-state index contributed by atoms with van der Waals surface area (Å²) in [6, 6.07) is 7.85. The number of urea groups is 1. The quantitative estimate of drug-likeness (QED) is 0.627. The van der Waals surface area contributed by atoms with Gasteiger partial charge >= 0.3 is 6.03 Å². The van der Waals surface area contributed by atoms with Crippen LogP contribution in [0, 0.1) is 0 Å². The van der Waals surface area contributed by atoms with Crippen LogP contribution in [0.4, 0.5) is 4.79 Å². The molecule has 5 nitrogen and oxygen atoms in total. The highest BCUT2D eigenvalue weighted by Crippen LogP contribution is 2.32. The Labute approximate surface area is 122 Å². The van der Waals surface area contributed by atoms with E-state index in [1.54, 1.807) is 0 Å². The van der Waals surface area contributed by atoms with Crippen LogP contribution in [0.25, 0.3) is 0 Å². The third kappa shape index (κ3) is 2.22. The van der Waals surface area contributed by atoms with Gasteiger partial charge in [0.1, 0.15) is 6.54 Å². The number of alkyl halides is 1. The van der Waals surface area contributed by atoms with Gasteiger partial charge in [0.15, 0.2) is 0 Å². The van der Waals surface area contributed by atoms with Gasteiger partial charge in [-0.15, -0.1) is 11.6 Å². The Kier molecular flexibility index (Phi) is 3.53. The molecule has 0 radical (unpaired) electrons. The fourth-order valence-corrected chi connectivity index (χ4v) is 3.11. The Balaban J connectivity index is 1.88. The number of halogens is 1. The minimum atomic E-state index is -0.281. The smallest absolute Gasteiger partial charge is 0.318 e. The van der Waals surface area contributed by atoms with E-state index in [2.05, 4.69) is 11.4 Å². The second-order valence-electron chi connectivity index (χ2n) is 5.05. The second kappa shape index (κ2) is 5.32. The lowest BCUT2D eigenvalue weighted by molar-refractivity contribution is -0.139. The molecule has 1 saturated heterocycles. The maximum atomic E-state index is 12.2. The Hall–Kier alpha value is -1.75. The lowest BCUT2D eigenvalue weighted by atomic mass is 9.91. The van der Waals surface area contributed by atoms with Crippen molar-refractivity contribution in [3.63, 3.8) is 0 Å². The third-order valence-electron chi connectivity index (χ3n) is 3.96. The van der Waals surface area contributed by atoms with E-state index in [1.807, 2.05) is 23.1 Å². The van der Waals surface area contributed by atoms with E-state index in [0.29, 0.717) is 6.54 Å². The Morgan fingerprint density at radius 1 is 1.40 bits per heavy atom. The molecule has 0 spiro atoms. The number of rotatable bonds is 1. The summed E-state index contributed by atoms with van der Waals surface area (Å²) in [5, 5.41) is 2.54. The number of carbonyl (C=O) groups is 2. The molecule has 1 atom stereocenters. The van der Waals surface area contributed by atoms with Gasteiger partial charge in [-0.1, -0.05) is 24.3 Å². The average molecular weight is 294 g/mol. The molecule has 3 amide bonds. The Morgan fingerprint density at radius 2 is 2.20 bits per heavy atom. The molecule has 1 aromatic carbocycles. The van der Waals surface area contributed by atoms with E-state index in [4.69, 9.17) is 11.6 Å². The number of fused-ring (bicyclic) bond motifs is 3. The molecule has 20 heavy (non-hydrogen) atoms. The molecule has 2 aliphatic rings. The fraction of sp³-hybridized carbons (Fsp3) is 0.429. The minimum Gasteiger partial charge on any atom is -0.332 e. The number of amides is 3. The molecule has 3 rings (SSSR count). The van der Waals surface area contributed by atoms with Gasteiger partial charge in [0.25, 0.3) is 0 Å². The predicted molar refractivity (Wildman–Crippen MR) is 75.4 cm³/mol. The van der Waals surface area contributed by atoms with Crippen LogP contribution in [-0.2, 0) is 11.2 Å². The molecular weight excluding hydrogens is 278 g/mol. The molecule has 0 aromatic heterocycles. The summed E-state index contributed by atoms with van der Waals surface area (Å²) in [5.41, 5.74) is 2.41. The highest BCUT2D eigenvalue weighted by molar-refractivity contribution is 6.18. The molecule has 2 heterocycles. The Morgan fingerprint density at radius 3 is 3.00 bits per heavy atom. The van der Waals surface area contributed by atoms with Crippen molar-refractivity contribution in [2.24, 2.45) is 0 Å². The standard InChI is InChI=1S/C14H16ClN3O2/c15-9-16-14(20)17-7-12-11-4-2-1-3-10(11)5-6-18(12)13(19)8-17/h1-4,12H,5-9H2,(H,16,20). The summed E-state index contributed by atoms with van der Waals surface area (Å²) in [6.07, 6.45) is 0.881. The maximum Gasteiger partial charge on any atom is 0.318 e. The van der Waals surface area contributed by atoms with Gasteiger partial charge in [-0.3, -0.25) is 4.79 Å². The summed E-state index contributed by atoms with van der Waals surface area (Å²) >= 11 is 5.52. The minimum absolute atomic E-state index is 0.000440. The van der Waals surface area contributed by atoms with Crippen LogP contribution in [-0.4, -0.2) is 47.4 Å². The zero-order valence-corrected chi connectivity index (χ0v) is 11.8. The largest absolute Gasteiger partial charge is 0.332 e. The van der Waals surface area contributed by atoms with E-state index in [-0.39, 0.29) is 30.5 Å². The fourth-order valence-electron chi connectivity index (χ4n) is 3.00. The number of nitrogens with one attached hydrogen (secondary N) is 1. The first-order valence-corrected chi connectivity index (χ1v) is 7.20. The monoisotopic (exact) mass is 293 g/mol. The molecule has 1 aromatic rings. The molecule has 106 valence electrons. The molecule has 1 N–H and O–H groups in total. The lowest BCUT2D eigenvalue weighted by Gasteiger charge is -2.44. The van der Waals surface area contributed by atoms with Crippen molar-refractivity contribution in [2.75, 3.05) is 25.6 Å². The predicted octanol–water partition coefficient (Wildman–Crippen LogP) is 1.33. The number of hydrogen-bond donors (Lipinski definition) is 1. The van der Waals surface area contributed by atoms with Crippen molar-refractivity contribution < 1.29 is 9.59 Å². The molecule has 1 unspecified atom stereocenters. The van der Waals surface area contributed by atoms with E-state index >= 15 is 0 Å². The van der Waals surface area contributed by atoms with Crippen LogP contribution in [0.1, 0.15) is 17.2 Å². The molecule has 1 fully saturated rings. The van der Waals surface area contributed by atoms with E-state index in [1.165, 1.54) is 10.5 Å². The summed E-state index contributed by atoms with van der Waals surface area (Å²) in [6.45, 7) is 1.37. The highest BCUT2D eigenvalue weighted by atomic mass is 35.5. The van der Waals surface area contributed by atoms with Gasteiger partial charge in [0.05, 0.1) is 12.0 Å². The van der Waals surface area contributed by atoms with Crippen LogP contribution in [0.3, 0.4) is 0 Å². The highest BCUT2D eigenvalue weighted by Gasteiger charge is 2.38. The van der Waals surface area contributed by atoms with Crippen LogP contribution in [0.5, 0.6) is 0 Å². The lowest BCUT2D eigenvalue weighted by Crippen LogP contribution is -2.57. The zero-order valence-electron chi connectivity index (χ0n) is 11.0. The van der Waals surface area contributed by atoms with Gasteiger partial charge in [0, 0.05) is 13.1 Å². The summed E-state index contributed by atoms with van der Waals surface area (Å²) in [5.74, 6) is 0.000440. The van der Waals surface area contributed by atoms with Crippen LogP contribution in [0.15, 0.2) is 24.3 Å². The number of hydrogen-bond acceptors (Lipinski definition) is 2. The molecule has 0 saturated carbocycles. The van der Waals surface area contributed by atoms with Crippen molar-refractivity contribution in [2.45, 2.75) is 12.5 Å². The first kappa shape index (κ1) is 13.2. The van der Waals surface area contributed by atoms with Crippen molar-refractivity contribution in [1.82, 2.24) is 15.1 Å². The molecule has 0 aliphatic carbocycles. The van der Waals surface area contributed by atoms with Crippen LogP contribution in [0.2, 0.25) is 0 Å². The molecular formula is C14H16ClN3O2. The van der Waals surface area contributed by atoms with Crippen LogP contribution < -0.4 is 5.32 Å². The second-order valence-corrected chi connectivity index (χ2v) is 5.32. The number of nitrogens with zero attached hydrogens (tertiary/aromatic N) is 2. The van der Waals surface area contributed by atoms with E-state index in [0.717, 1.165) is 18.5 Å². The normalized spacial score (nSPS) is 21.2. The van der Waals surface area contributed by atoms with Gasteiger partial charge in [-0.25, -0.2) is 4.79 Å². The van der Waals surface area contributed by atoms with E-state index in [9.17, 15) is 9.59 Å². The average Bonchev–Trinajstić information content (AvgIpc) is 2.47. The maximum absolute atomic E-state index is 12.2. The van der Waals surface area contributed by atoms with Gasteiger partial charge < -0.3 is 15.1 Å². The van der Waals surface area contributed by atoms with Gasteiger partial charge in [0.2, 0.25) is 5.91 Å². The topological polar surface area (TPSA) is 52.7 Å². The van der Waals surface area contributed by atoms with Gasteiger partial charge in [-0.05, 0) is 17.5 Å².